The molecule has 0 aromatic heterocycles. The van der Waals surface area contributed by atoms with Crippen LogP contribution in [0.4, 0.5) is 11.4 Å². The van der Waals surface area contributed by atoms with E-state index in [0.29, 0.717) is 11.3 Å². The van der Waals surface area contributed by atoms with Crippen LogP contribution >= 0.6 is 11.6 Å². The molecule has 2 aromatic carbocycles. The lowest BCUT2D eigenvalue weighted by molar-refractivity contribution is -0.384. The molecule has 1 aliphatic heterocycles. The molecule has 0 bridgehead atoms. The summed E-state index contributed by atoms with van der Waals surface area (Å²) < 4.78 is 5.35. The summed E-state index contributed by atoms with van der Waals surface area (Å²) in [6.45, 7) is 4.52. The Kier molecular flexibility index (Phi) is 7.35. The Balaban J connectivity index is 1.52. The number of benzene rings is 2. The van der Waals surface area contributed by atoms with Crippen LogP contribution in [0.25, 0.3) is 6.08 Å². The van der Waals surface area contributed by atoms with Crippen LogP contribution < -0.4 is 5.32 Å². The molecule has 1 fully saturated rings. The molecular weight excluding hydrogens is 394 g/mol. The van der Waals surface area contributed by atoms with Crippen molar-refractivity contribution in [2.45, 2.75) is 6.42 Å². The summed E-state index contributed by atoms with van der Waals surface area (Å²) in [7, 11) is 0. The van der Waals surface area contributed by atoms with Crippen molar-refractivity contribution in [3.05, 3.63) is 74.8 Å². The van der Waals surface area contributed by atoms with Gasteiger partial charge in [-0.15, -0.1) is 0 Å². The van der Waals surface area contributed by atoms with Crippen molar-refractivity contribution in [2.75, 3.05) is 38.2 Å². The number of hydrogen-bond donors (Lipinski definition) is 1. The van der Waals surface area contributed by atoms with Gasteiger partial charge in [-0.2, -0.15) is 0 Å². The van der Waals surface area contributed by atoms with E-state index in [0.717, 1.165) is 39.3 Å². The Morgan fingerprint density at radius 2 is 1.93 bits per heavy atom. The number of carbonyl (C=O) groups excluding carboxylic acids is 1. The van der Waals surface area contributed by atoms with Gasteiger partial charge in [-0.05, 0) is 41.8 Å². The van der Waals surface area contributed by atoms with Crippen LogP contribution in [0.15, 0.2) is 48.5 Å². The third kappa shape index (κ3) is 6.39. The molecule has 0 aliphatic carbocycles. The number of nitro groups is 1. The first-order chi connectivity index (χ1) is 14.0. The number of rotatable bonds is 7. The number of nitro benzene ring substituents is 1. The first kappa shape index (κ1) is 21.0. The third-order valence-corrected chi connectivity index (χ3v) is 4.96. The van der Waals surface area contributed by atoms with Crippen LogP contribution in [0.1, 0.15) is 11.1 Å². The third-order valence-electron chi connectivity index (χ3n) is 4.64. The fourth-order valence-electron chi connectivity index (χ4n) is 3.00. The lowest BCUT2D eigenvalue weighted by Crippen LogP contribution is -2.37. The quantitative estimate of drug-likeness (QED) is 0.422. The standard InChI is InChI=1S/C21H22ClN3O4/c22-19-7-3-17(15-20(19)25(27)28)4-8-21(26)23-18-5-1-16(2-6-18)9-10-24-11-13-29-14-12-24/h1-8,15H,9-14H2,(H,23,26)/b8-4+. The van der Waals surface area contributed by atoms with Gasteiger partial charge in [0.15, 0.2) is 0 Å². The molecule has 0 saturated carbocycles. The molecule has 1 heterocycles. The molecule has 1 aliphatic rings. The first-order valence-electron chi connectivity index (χ1n) is 9.33. The number of halogens is 1. The Labute approximate surface area is 174 Å². The minimum absolute atomic E-state index is 0.0605. The molecular formula is C21H22ClN3O4. The van der Waals surface area contributed by atoms with E-state index in [1.165, 1.54) is 29.8 Å². The van der Waals surface area contributed by atoms with Crippen molar-refractivity contribution in [3.8, 4) is 0 Å². The zero-order valence-corrected chi connectivity index (χ0v) is 16.6. The highest BCUT2D eigenvalue weighted by Crippen LogP contribution is 2.25. The average Bonchev–Trinajstić information content (AvgIpc) is 2.73. The number of carbonyl (C=O) groups is 1. The van der Waals surface area contributed by atoms with Crippen LogP contribution in [0.2, 0.25) is 5.02 Å². The van der Waals surface area contributed by atoms with Crippen molar-refractivity contribution in [3.63, 3.8) is 0 Å². The van der Waals surface area contributed by atoms with Gasteiger partial charge >= 0.3 is 0 Å². The van der Waals surface area contributed by atoms with Gasteiger partial charge in [-0.25, -0.2) is 0 Å². The van der Waals surface area contributed by atoms with Crippen molar-refractivity contribution in [1.82, 2.24) is 4.90 Å². The number of morpholine rings is 1. The number of nitrogens with zero attached hydrogens (tertiary/aromatic N) is 2. The highest BCUT2D eigenvalue weighted by molar-refractivity contribution is 6.32. The zero-order valence-electron chi connectivity index (χ0n) is 15.8. The van der Waals surface area contributed by atoms with E-state index in [-0.39, 0.29) is 16.6 Å². The van der Waals surface area contributed by atoms with Crippen molar-refractivity contribution in [1.29, 1.82) is 0 Å². The van der Waals surface area contributed by atoms with Crippen LogP contribution in [0, 0.1) is 10.1 Å². The van der Waals surface area contributed by atoms with Crippen molar-refractivity contribution in [2.24, 2.45) is 0 Å². The molecule has 0 spiro atoms. The lowest BCUT2D eigenvalue weighted by atomic mass is 10.1. The smallest absolute Gasteiger partial charge is 0.288 e. The van der Waals surface area contributed by atoms with Crippen LogP contribution in [-0.4, -0.2) is 48.6 Å². The van der Waals surface area contributed by atoms with Crippen LogP contribution in [0.5, 0.6) is 0 Å². The second-order valence-corrected chi connectivity index (χ2v) is 7.10. The second-order valence-electron chi connectivity index (χ2n) is 6.69. The van der Waals surface area contributed by atoms with Gasteiger partial charge in [0.2, 0.25) is 5.91 Å². The molecule has 3 rings (SSSR count). The maximum atomic E-state index is 12.1. The maximum Gasteiger partial charge on any atom is 0.288 e. The normalized spacial score (nSPS) is 14.8. The predicted octanol–water partition coefficient (Wildman–Crippen LogP) is 3.77. The summed E-state index contributed by atoms with van der Waals surface area (Å²) >= 11 is 5.79. The summed E-state index contributed by atoms with van der Waals surface area (Å²) in [5.74, 6) is -0.316. The Morgan fingerprint density at radius 1 is 1.21 bits per heavy atom. The Bertz CT molecular complexity index is 893. The molecule has 7 nitrogen and oxygen atoms in total. The van der Waals surface area contributed by atoms with Crippen molar-refractivity contribution < 1.29 is 14.5 Å². The number of hydrogen-bond acceptors (Lipinski definition) is 5. The van der Waals surface area contributed by atoms with E-state index < -0.39 is 4.92 Å². The molecule has 0 unspecified atom stereocenters. The number of ether oxygens (including phenoxy) is 1. The van der Waals surface area contributed by atoms with Crippen LogP contribution in [-0.2, 0) is 16.0 Å². The average molecular weight is 416 g/mol. The van der Waals surface area contributed by atoms with Gasteiger partial charge in [0, 0.05) is 37.5 Å². The molecule has 1 N–H and O–H groups in total. The maximum absolute atomic E-state index is 12.1. The van der Waals surface area contributed by atoms with E-state index >= 15 is 0 Å². The van der Waals surface area contributed by atoms with Crippen molar-refractivity contribution >= 4 is 35.0 Å². The molecule has 29 heavy (non-hydrogen) atoms. The second kappa shape index (κ2) is 10.2. The predicted molar refractivity (Wildman–Crippen MR) is 113 cm³/mol. The zero-order chi connectivity index (χ0) is 20.6. The fourth-order valence-corrected chi connectivity index (χ4v) is 3.18. The number of anilines is 1. The Morgan fingerprint density at radius 3 is 2.62 bits per heavy atom. The molecule has 2 aromatic rings. The number of nitrogens with one attached hydrogen (secondary N) is 1. The van der Waals surface area contributed by atoms with Gasteiger partial charge in [0.25, 0.3) is 5.69 Å². The summed E-state index contributed by atoms with van der Waals surface area (Å²) in [5, 5.41) is 13.8. The van der Waals surface area contributed by atoms with E-state index in [4.69, 9.17) is 16.3 Å². The summed E-state index contributed by atoms with van der Waals surface area (Å²) in [4.78, 5) is 24.9. The van der Waals surface area contributed by atoms with Crippen LogP contribution in [0.3, 0.4) is 0 Å². The summed E-state index contributed by atoms with van der Waals surface area (Å²) in [6, 6.07) is 12.1. The molecule has 8 heteroatoms. The van der Waals surface area contributed by atoms with Gasteiger partial charge in [0.05, 0.1) is 18.1 Å². The minimum atomic E-state index is -0.555. The molecule has 0 atom stereocenters. The van der Waals surface area contributed by atoms with Gasteiger partial charge < -0.3 is 10.1 Å². The fraction of sp³-hybridized carbons (Fsp3) is 0.286. The molecule has 152 valence electrons. The highest BCUT2D eigenvalue weighted by atomic mass is 35.5. The van der Waals surface area contributed by atoms with E-state index in [1.54, 1.807) is 6.07 Å². The van der Waals surface area contributed by atoms with E-state index in [9.17, 15) is 14.9 Å². The highest BCUT2D eigenvalue weighted by Gasteiger charge is 2.12. The minimum Gasteiger partial charge on any atom is -0.379 e. The monoisotopic (exact) mass is 415 g/mol. The lowest BCUT2D eigenvalue weighted by Gasteiger charge is -2.26. The van der Waals surface area contributed by atoms with Gasteiger partial charge in [-0.3, -0.25) is 19.8 Å². The van der Waals surface area contributed by atoms with Gasteiger partial charge in [0.1, 0.15) is 5.02 Å². The SMILES string of the molecule is O=C(/C=C/c1ccc(Cl)c([N+](=O)[O-])c1)Nc1ccc(CCN2CCOCC2)cc1. The molecule has 0 radical (unpaired) electrons. The number of amides is 1. The topological polar surface area (TPSA) is 84.7 Å². The molecule has 1 amide bonds. The van der Waals surface area contributed by atoms with E-state index in [2.05, 4.69) is 10.2 Å². The largest absolute Gasteiger partial charge is 0.379 e. The molecule has 1 saturated heterocycles. The van der Waals surface area contributed by atoms with Gasteiger partial charge in [-0.1, -0.05) is 29.8 Å². The summed E-state index contributed by atoms with van der Waals surface area (Å²) in [6.07, 6.45) is 3.79. The summed E-state index contributed by atoms with van der Waals surface area (Å²) in [5.41, 5.74) is 2.23. The Hall–Kier alpha value is -2.74. The van der Waals surface area contributed by atoms with E-state index in [1.807, 2.05) is 24.3 Å². The first-order valence-corrected chi connectivity index (χ1v) is 9.71.